The number of benzene rings is 1. The molecule has 116 valence electrons. The van der Waals surface area contributed by atoms with Crippen molar-refractivity contribution >= 4 is 17.6 Å². The highest BCUT2D eigenvalue weighted by Crippen LogP contribution is 2.45. The first-order valence-electron chi connectivity index (χ1n) is 7.12. The fourth-order valence-electron chi connectivity index (χ4n) is 3.11. The molecule has 1 aromatic heterocycles. The first kappa shape index (κ1) is 14.9. The van der Waals surface area contributed by atoms with E-state index < -0.39 is 5.97 Å². The highest BCUT2D eigenvalue weighted by atomic mass is 35.5. The molecule has 0 bridgehead atoms. The van der Waals surface area contributed by atoms with E-state index in [-0.39, 0.29) is 5.69 Å². The van der Waals surface area contributed by atoms with Crippen LogP contribution in [-0.2, 0) is 12.8 Å². The van der Waals surface area contributed by atoms with E-state index in [1.807, 2.05) is 6.92 Å². The van der Waals surface area contributed by atoms with Gasteiger partial charge in [0.2, 0.25) is 0 Å². The van der Waals surface area contributed by atoms with Crippen LogP contribution >= 0.6 is 11.6 Å². The maximum absolute atomic E-state index is 11.0. The first-order chi connectivity index (χ1) is 10.5. The van der Waals surface area contributed by atoms with Crippen molar-refractivity contribution in [2.75, 3.05) is 7.11 Å². The molecule has 2 aromatic rings. The topological polar surface area (TPSA) is 72.6 Å². The number of carbonyl (C=O) groups is 1. The lowest BCUT2D eigenvalue weighted by molar-refractivity contribution is 0.0686. The van der Waals surface area contributed by atoms with Gasteiger partial charge in [-0.15, -0.1) is 0 Å². The molecule has 3 rings (SSSR count). The highest BCUT2D eigenvalue weighted by molar-refractivity contribution is 6.33. The molecule has 1 aromatic carbocycles. The first-order valence-corrected chi connectivity index (χ1v) is 7.50. The van der Waals surface area contributed by atoms with Crippen LogP contribution in [-0.4, -0.2) is 23.3 Å². The minimum Gasteiger partial charge on any atom is -0.494 e. The van der Waals surface area contributed by atoms with Crippen molar-refractivity contribution in [1.29, 1.82) is 0 Å². The molecule has 6 heteroatoms. The Balaban J connectivity index is 2.25. The minimum absolute atomic E-state index is 0.134. The number of hydrogen-bond acceptors (Lipinski definition) is 4. The lowest BCUT2D eigenvalue weighted by Crippen LogP contribution is -2.08. The summed E-state index contributed by atoms with van der Waals surface area (Å²) in [5.74, 6) is -0.245. The van der Waals surface area contributed by atoms with Gasteiger partial charge < -0.3 is 14.4 Å². The summed E-state index contributed by atoms with van der Waals surface area (Å²) in [4.78, 5) is 11.0. The van der Waals surface area contributed by atoms with Gasteiger partial charge in [0.15, 0.2) is 11.5 Å². The van der Waals surface area contributed by atoms with E-state index in [0.717, 1.165) is 36.8 Å². The number of aromatic nitrogens is 1. The lowest BCUT2D eigenvalue weighted by Gasteiger charge is -2.23. The van der Waals surface area contributed by atoms with Crippen LogP contribution in [0.25, 0.3) is 11.3 Å². The summed E-state index contributed by atoms with van der Waals surface area (Å²) in [5, 5.41) is 13.2. The summed E-state index contributed by atoms with van der Waals surface area (Å²) in [7, 11) is 1.55. The second-order valence-electron chi connectivity index (χ2n) is 5.39. The zero-order chi connectivity index (χ0) is 15.9. The van der Waals surface area contributed by atoms with Crippen molar-refractivity contribution in [2.45, 2.75) is 32.6 Å². The maximum Gasteiger partial charge on any atom is 0.358 e. The van der Waals surface area contributed by atoms with E-state index in [0.29, 0.717) is 22.1 Å². The van der Waals surface area contributed by atoms with Crippen molar-refractivity contribution in [1.82, 2.24) is 5.16 Å². The molecule has 0 saturated heterocycles. The quantitative estimate of drug-likeness (QED) is 0.928. The van der Waals surface area contributed by atoms with Crippen molar-refractivity contribution in [3.8, 4) is 17.1 Å². The number of rotatable bonds is 3. The second-order valence-corrected chi connectivity index (χ2v) is 5.77. The van der Waals surface area contributed by atoms with Gasteiger partial charge in [0.05, 0.1) is 17.7 Å². The minimum atomic E-state index is -1.13. The molecular weight excluding hydrogens is 306 g/mol. The SMILES string of the molecule is COc1c(Cl)c2c(c(C)c1-c1cc(C(=O)O)no1)CCCC2. The molecule has 1 N–H and O–H groups in total. The Labute approximate surface area is 132 Å². The molecule has 1 aliphatic rings. The van der Waals surface area contributed by atoms with Crippen LogP contribution in [0.4, 0.5) is 0 Å². The zero-order valence-electron chi connectivity index (χ0n) is 12.4. The molecule has 0 amide bonds. The molecule has 1 aliphatic carbocycles. The van der Waals surface area contributed by atoms with Gasteiger partial charge in [-0.05, 0) is 49.3 Å². The van der Waals surface area contributed by atoms with Crippen LogP contribution in [0.1, 0.15) is 40.0 Å². The monoisotopic (exact) mass is 321 g/mol. The molecule has 1 heterocycles. The largest absolute Gasteiger partial charge is 0.494 e. The summed E-state index contributed by atoms with van der Waals surface area (Å²) in [6.45, 7) is 1.99. The van der Waals surface area contributed by atoms with Crippen molar-refractivity contribution < 1.29 is 19.2 Å². The lowest BCUT2D eigenvalue weighted by atomic mass is 9.85. The second kappa shape index (κ2) is 5.65. The van der Waals surface area contributed by atoms with Crippen molar-refractivity contribution in [3.63, 3.8) is 0 Å². The predicted molar refractivity (Wildman–Crippen MR) is 81.8 cm³/mol. The van der Waals surface area contributed by atoms with E-state index in [9.17, 15) is 4.79 Å². The van der Waals surface area contributed by atoms with E-state index in [1.165, 1.54) is 11.6 Å². The van der Waals surface area contributed by atoms with Gasteiger partial charge in [-0.2, -0.15) is 0 Å². The fourth-order valence-corrected chi connectivity index (χ4v) is 3.49. The normalized spacial score (nSPS) is 13.8. The molecule has 0 radical (unpaired) electrons. The molecule has 22 heavy (non-hydrogen) atoms. The average molecular weight is 322 g/mol. The number of fused-ring (bicyclic) bond motifs is 1. The fraction of sp³-hybridized carbons (Fsp3) is 0.375. The van der Waals surface area contributed by atoms with E-state index in [1.54, 1.807) is 7.11 Å². The number of ether oxygens (including phenoxy) is 1. The zero-order valence-corrected chi connectivity index (χ0v) is 13.2. The number of carboxylic acid groups (broad SMARTS) is 1. The van der Waals surface area contributed by atoms with Crippen LogP contribution in [0.5, 0.6) is 5.75 Å². The Morgan fingerprint density at radius 2 is 2.05 bits per heavy atom. The molecule has 0 atom stereocenters. The van der Waals surface area contributed by atoms with E-state index in [2.05, 4.69) is 5.16 Å². The van der Waals surface area contributed by atoms with E-state index >= 15 is 0 Å². The summed E-state index contributed by atoms with van der Waals surface area (Å²) in [6.07, 6.45) is 4.12. The summed E-state index contributed by atoms with van der Waals surface area (Å²) in [6, 6.07) is 1.40. The van der Waals surface area contributed by atoms with E-state index in [4.69, 9.17) is 26.0 Å². The molecule has 0 aliphatic heterocycles. The number of carboxylic acids is 1. The molecule has 0 spiro atoms. The third-order valence-electron chi connectivity index (χ3n) is 4.17. The molecular formula is C16H16ClNO4. The molecule has 0 saturated carbocycles. The Morgan fingerprint density at radius 1 is 1.36 bits per heavy atom. The number of hydrogen-bond donors (Lipinski definition) is 1. The van der Waals surface area contributed by atoms with Gasteiger partial charge >= 0.3 is 5.97 Å². The maximum atomic E-state index is 11.0. The molecule has 0 unspecified atom stereocenters. The van der Waals surface area contributed by atoms with Gasteiger partial charge in [-0.3, -0.25) is 0 Å². The highest BCUT2D eigenvalue weighted by Gasteiger charge is 2.26. The number of halogens is 1. The predicted octanol–water partition coefficient (Wildman–Crippen LogP) is 3.89. The Bertz CT molecular complexity index is 751. The van der Waals surface area contributed by atoms with Crippen LogP contribution in [0.2, 0.25) is 5.02 Å². The van der Waals surface area contributed by atoms with Crippen molar-refractivity contribution in [3.05, 3.63) is 33.5 Å². The van der Waals surface area contributed by atoms with Gasteiger partial charge in [0, 0.05) is 6.07 Å². The molecule has 0 fully saturated rings. The summed E-state index contributed by atoms with van der Waals surface area (Å²) >= 11 is 6.52. The van der Waals surface area contributed by atoms with Gasteiger partial charge in [0.1, 0.15) is 5.75 Å². The Morgan fingerprint density at radius 3 is 2.64 bits per heavy atom. The van der Waals surface area contributed by atoms with Crippen LogP contribution in [0, 0.1) is 6.92 Å². The number of nitrogens with zero attached hydrogens (tertiary/aromatic N) is 1. The smallest absolute Gasteiger partial charge is 0.358 e. The standard InChI is InChI=1S/C16H16ClNO4/c1-8-9-5-3-4-6-10(9)14(17)15(21-2)13(8)12-7-11(16(19)20)18-22-12/h7H,3-6H2,1-2H3,(H,19,20). The van der Waals surface area contributed by atoms with Gasteiger partial charge in [-0.1, -0.05) is 16.8 Å². The third-order valence-corrected chi connectivity index (χ3v) is 4.57. The van der Waals surface area contributed by atoms with Gasteiger partial charge in [0.25, 0.3) is 0 Å². The Hall–Kier alpha value is -2.01. The Kier molecular flexibility index (Phi) is 3.83. The third kappa shape index (κ3) is 2.25. The van der Waals surface area contributed by atoms with Gasteiger partial charge in [-0.25, -0.2) is 4.79 Å². The average Bonchev–Trinajstić information content (AvgIpc) is 3.00. The number of aromatic carboxylic acids is 1. The van der Waals surface area contributed by atoms with Crippen LogP contribution < -0.4 is 4.74 Å². The molecule has 5 nitrogen and oxygen atoms in total. The summed E-state index contributed by atoms with van der Waals surface area (Å²) in [5.41, 5.74) is 3.91. The number of methoxy groups -OCH3 is 1. The van der Waals surface area contributed by atoms with Crippen molar-refractivity contribution in [2.24, 2.45) is 0 Å². The van der Waals surface area contributed by atoms with Crippen LogP contribution in [0.3, 0.4) is 0 Å². The van der Waals surface area contributed by atoms with Crippen LogP contribution in [0.15, 0.2) is 10.6 Å². The summed E-state index contributed by atoms with van der Waals surface area (Å²) < 4.78 is 10.7.